The fourth-order valence-corrected chi connectivity index (χ4v) is 5.72. The summed E-state index contributed by atoms with van der Waals surface area (Å²) in [6.07, 6.45) is 6.46. The Hall–Kier alpha value is -2.52. The molecule has 3 heterocycles. The molecule has 34 heavy (non-hydrogen) atoms. The number of aryl methyl sites for hydroxylation is 1. The standard InChI is InChI=1S/C25H35N5O3S/c1-5-15(3)27-20-12-14(2)17(13-26-20)22-21(25(33)30-11-7-8-16(30)4)29-24(34-22)23(32)28-18-9-6-10-19(18)31/h12-13,15-16,18-19,31H,5-11H2,1-4H3,(H,26,27)(H,28,32)/t15-,16+,18?,19?/m1/s1. The summed E-state index contributed by atoms with van der Waals surface area (Å²) in [5.41, 5.74) is 2.08. The molecule has 2 aromatic rings. The van der Waals surface area contributed by atoms with Gasteiger partial charge in [-0.05, 0) is 70.9 Å². The van der Waals surface area contributed by atoms with Crippen LogP contribution in [0.5, 0.6) is 0 Å². The van der Waals surface area contributed by atoms with E-state index in [0.717, 1.165) is 49.0 Å². The molecule has 1 aliphatic heterocycles. The topological polar surface area (TPSA) is 107 Å². The van der Waals surface area contributed by atoms with Crippen LogP contribution in [0.1, 0.15) is 85.2 Å². The van der Waals surface area contributed by atoms with Crippen molar-refractivity contribution in [1.29, 1.82) is 0 Å². The lowest BCUT2D eigenvalue weighted by molar-refractivity contribution is 0.0743. The summed E-state index contributed by atoms with van der Waals surface area (Å²) in [4.78, 5) is 38.2. The first-order valence-electron chi connectivity index (χ1n) is 12.3. The Labute approximate surface area is 205 Å². The highest BCUT2D eigenvalue weighted by Crippen LogP contribution is 2.35. The molecule has 1 aliphatic carbocycles. The number of anilines is 1. The third kappa shape index (κ3) is 5.10. The number of aromatic nitrogens is 2. The zero-order valence-corrected chi connectivity index (χ0v) is 21.2. The van der Waals surface area contributed by atoms with Gasteiger partial charge in [-0.15, -0.1) is 11.3 Å². The van der Waals surface area contributed by atoms with E-state index in [0.29, 0.717) is 29.6 Å². The van der Waals surface area contributed by atoms with Gasteiger partial charge in [0.05, 0.1) is 17.0 Å². The summed E-state index contributed by atoms with van der Waals surface area (Å²) < 4.78 is 0. The molecular weight excluding hydrogens is 450 g/mol. The summed E-state index contributed by atoms with van der Waals surface area (Å²) >= 11 is 1.22. The monoisotopic (exact) mass is 485 g/mol. The van der Waals surface area contributed by atoms with Gasteiger partial charge < -0.3 is 20.6 Å². The molecule has 4 atom stereocenters. The van der Waals surface area contributed by atoms with E-state index in [1.807, 2.05) is 24.8 Å². The number of carbonyl (C=O) groups is 2. The Morgan fingerprint density at radius 1 is 1.29 bits per heavy atom. The normalized spacial score (nSPS) is 23.2. The van der Waals surface area contributed by atoms with Crippen LogP contribution in [0.15, 0.2) is 12.3 Å². The lowest BCUT2D eigenvalue weighted by Crippen LogP contribution is -2.40. The number of amides is 2. The molecule has 0 radical (unpaired) electrons. The minimum absolute atomic E-state index is 0.141. The van der Waals surface area contributed by atoms with Gasteiger partial charge in [0.1, 0.15) is 11.5 Å². The third-order valence-electron chi connectivity index (χ3n) is 7.00. The Kier molecular flexibility index (Phi) is 7.52. The number of nitrogens with one attached hydrogen (secondary N) is 2. The van der Waals surface area contributed by atoms with Gasteiger partial charge in [0.15, 0.2) is 5.01 Å². The number of thiazole rings is 1. The highest BCUT2D eigenvalue weighted by atomic mass is 32.1. The Morgan fingerprint density at radius 3 is 2.71 bits per heavy atom. The molecule has 4 rings (SSSR count). The lowest BCUT2D eigenvalue weighted by atomic mass is 10.1. The third-order valence-corrected chi connectivity index (χ3v) is 8.08. The Morgan fingerprint density at radius 2 is 2.09 bits per heavy atom. The van der Waals surface area contributed by atoms with E-state index >= 15 is 0 Å². The maximum absolute atomic E-state index is 13.5. The first-order valence-corrected chi connectivity index (χ1v) is 13.1. The first kappa shape index (κ1) is 24.6. The first-order chi connectivity index (χ1) is 16.3. The Bertz CT molecular complexity index is 1060. The molecule has 2 aliphatic rings. The van der Waals surface area contributed by atoms with Gasteiger partial charge >= 0.3 is 0 Å². The van der Waals surface area contributed by atoms with Crippen molar-refractivity contribution in [2.75, 3.05) is 11.9 Å². The average molecular weight is 486 g/mol. The number of aliphatic hydroxyl groups excluding tert-OH is 1. The van der Waals surface area contributed by atoms with E-state index in [1.165, 1.54) is 11.3 Å². The summed E-state index contributed by atoms with van der Waals surface area (Å²) in [5, 5.41) is 16.7. The van der Waals surface area contributed by atoms with Gasteiger partial charge in [-0.3, -0.25) is 9.59 Å². The van der Waals surface area contributed by atoms with Crippen LogP contribution < -0.4 is 10.6 Å². The molecule has 0 spiro atoms. The molecule has 3 N–H and O–H groups in total. The molecule has 0 aromatic carbocycles. The number of hydrogen-bond donors (Lipinski definition) is 3. The molecule has 9 heteroatoms. The van der Waals surface area contributed by atoms with Crippen molar-refractivity contribution >= 4 is 29.0 Å². The van der Waals surface area contributed by atoms with Crippen LogP contribution in [0.3, 0.4) is 0 Å². The maximum Gasteiger partial charge on any atom is 0.280 e. The predicted octanol–water partition coefficient (Wildman–Crippen LogP) is 3.99. The fraction of sp³-hybridized carbons (Fsp3) is 0.600. The minimum atomic E-state index is -0.535. The fourth-order valence-electron chi connectivity index (χ4n) is 4.68. The Balaban J connectivity index is 1.68. The lowest BCUT2D eigenvalue weighted by Gasteiger charge is -2.21. The van der Waals surface area contributed by atoms with Crippen LogP contribution in [0.2, 0.25) is 0 Å². The van der Waals surface area contributed by atoms with Crippen LogP contribution in [0, 0.1) is 6.92 Å². The van der Waals surface area contributed by atoms with E-state index in [9.17, 15) is 14.7 Å². The summed E-state index contributed by atoms with van der Waals surface area (Å²) in [6.45, 7) is 8.95. The van der Waals surface area contributed by atoms with Crippen molar-refractivity contribution in [3.63, 3.8) is 0 Å². The molecule has 184 valence electrons. The predicted molar refractivity (Wildman–Crippen MR) is 134 cm³/mol. The number of pyridine rings is 1. The van der Waals surface area contributed by atoms with Gasteiger partial charge in [-0.1, -0.05) is 6.92 Å². The van der Waals surface area contributed by atoms with E-state index in [2.05, 4.69) is 34.4 Å². The minimum Gasteiger partial charge on any atom is -0.391 e. The number of hydrogen-bond acceptors (Lipinski definition) is 7. The quantitative estimate of drug-likeness (QED) is 0.547. The van der Waals surface area contributed by atoms with E-state index in [4.69, 9.17) is 0 Å². The van der Waals surface area contributed by atoms with Crippen LogP contribution in [0.4, 0.5) is 5.82 Å². The highest BCUT2D eigenvalue weighted by Gasteiger charge is 2.33. The summed E-state index contributed by atoms with van der Waals surface area (Å²) in [7, 11) is 0. The second kappa shape index (κ2) is 10.4. The van der Waals surface area contributed by atoms with Gasteiger partial charge in [0.2, 0.25) is 0 Å². The van der Waals surface area contributed by atoms with Crippen molar-refractivity contribution in [3.05, 3.63) is 28.5 Å². The van der Waals surface area contributed by atoms with Gasteiger partial charge in [-0.25, -0.2) is 9.97 Å². The van der Waals surface area contributed by atoms with Crippen LogP contribution >= 0.6 is 11.3 Å². The smallest absolute Gasteiger partial charge is 0.280 e. The van der Waals surface area contributed by atoms with Gasteiger partial charge in [-0.2, -0.15) is 0 Å². The number of rotatable bonds is 7. The molecule has 8 nitrogen and oxygen atoms in total. The molecule has 2 fully saturated rings. The molecule has 1 saturated heterocycles. The summed E-state index contributed by atoms with van der Waals surface area (Å²) in [5.74, 6) is 0.304. The second-order valence-corrected chi connectivity index (χ2v) is 10.6. The van der Waals surface area contributed by atoms with E-state index in [1.54, 1.807) is 6.20 Å². The highest BCUT2D eigenvalue weighted by molar-refractivity contribution is 7.17. The second-order valence-electron chi connectivity index (χ2n) is 9.60. The van der Waals surface area contributed by atoms with E-state index < -0.39 is 6.10 Å². The van der Waals surface area contributed by atoms with E-state index in [-0.39, 0.29) is 28.9 Å². The molecule has 2 unspecified atom stereocenters. The molecular formula is C25H35N5O3S. The van der Waals surface area contributed by atoms with Gasteiger partial charge in [0.25, 0.3) is 11.8 Å². The van der Waals surface area contributed by atoms with Gasteiger partial charge in [0, 0.05) is 30.4 Å². The summed E-state index contributed by atoms with van der Waals surface area (Å²) in [6, 6.07) is 2.15. The van der Waals surface area contributed by atoms with Crippen molar-refractivity contribution in [2.24, 2.45) is 0 Å². The average Bonchev–Trinajstić information content (AvgIpc) is 3.54. The molecule has 1 saturated carbocycles. The van der Waals surface area contributed by atoms with Crippen LogP contribution in [-0.2, 0) is 0 Å². The largest absolute Gasteiger partial charge is 0.391 e. The van der Waals surface area contributed by atoms with Crippen LogP contribution in [-0.4, -0.2) is 62.6 Å². The zero-order valence-electron chi connectivity index (χ0n) is 20.4. The van der Waals surface area contributed by atoms with Crippen molar-refractivity contribution in [1.82, 2.24) is 20.2 Å². The molecule has 0 bridgehead atoms. The van der Waals surface area contributed by atoms with Crippen molar-refractivity contribution in [2.45, 2.75) is 90.4 Å². The van der Waals surface area contributed by atoms with Crippen LogP contribution in [0.25, 0.3) is 10.4 Å². The number of likely N-dealkylation sites (tertiary alicyclic amines) is 1. The number of carbonyl (C=O) groups excluding carboxylic acids is 2. The van der Waals surface area contributed by atoms with Crippen molar-refractivity contribution in [3.8, 4) is 10.4 Å². The van der Waals surface area contributed by atoms with Crippen molar-refractivity contribution < 1.29 is 14.7 Å². The zero-order chi connectivity index (χ0) is 24.4. The molecule has 2 amide bonds. The SMILES string of the molecule is CC[C@@H](C)Nc1cc(C)c(-c2sc(C(=O)NC3CCCC3O)nc2C(=O)N2CCC[C@@H]2C)cn1. The molecule has 2 aromatic heterocycles. The number of nitrogens with zero attached hydrogens (tertiary/aromatic N) is 3. The number of aliphatic hydroxyl groups is 1. The maximum atomic E-state index is 13.5.